The maximum atomic E-state index is 10.7. The topological polar surface area (TPSA) is 95.6 Å². The molecule has 1 heterocycles. The Morgan fingerprint density at radius 2 is 2.13 bits per heavy atom. The third-order valence-electron chi connectivity index (χ3n) is 2.18. The molecule has 0 atom stereocenters. The zero-order valence-corrected chi connectivity index (χ0v) is 9.01. The summed E-state index contributed by atoms with van der Waals surface area (Å²) < 4.78 is 0. The van der Waals surface area contributed by atoms with Crippen LogP contribution in [0.25, 0.3) is 0 Å². The lowest BCUT2D eigenvalue weighted by Gasteiger charge is -2.01. The number of hydrogen-bond acceptors (Lipinski definition) is 4. The van der Waals surface area contributed by atoms with Crippen LogP contribution in [0.15, 0.2) is 11.3 Å². The minimum Gasteiger partial charge on any atom is -0.402 e. The molecule has 1 rings (SSSR count). The number of carbonyl (C=O) groups excluding carboxylic acids is 1. The molecule has 0 radical (unpaired) electrons. The summed E-state index contributed by atoms with van der Waals surface area (Å²) in [5.74, 6) is 0.372. The molecule has 0 aliphatic carbocycles. The van der Waals surface area contributed by atoms with Gasteiger partial charge in [0.2, 0.25) is 0 Å². The Kier molecular flexibility index (Phi) is 3.04. The molecule has 0 saturated carbocycles. The first-order valence-corrected chi connectivity index (χ1v) is 4.51. The summed E-state index contributed by atoms with van der Waals surface area (Å²) in [4.78, 5) is 17.8. The fourth-order valence-corrected chi connectivity index (χ4v) is 1.14. The molecule has 5 nitrogen and oxygen atoms in total. The van der Waals surface area contributed by atoms with Crippen LogP contribution in [0.3, 0.4) is 0 Å². The molecule has 0 bridgehead atoms. The highest BCUT2D eigenvalue weighted by Gasteiger charge is 2.13. The summed E-state index contributed by atoms with van der Waals surface area (Å²) in [5, 5.41) is 7.76. The Labute approximate surface area is 87.9 Å². The fraction of sp³-hybridized carbons (Fsp3) is 0.300. The molecule has 0 aromatic carbocycles. The van der Waals surface area contributed by atoms with Gasteiger partial charge in [0.05, 0.1) is 11.3 Å². The Balaban J connectivity index is 3.15. The standard InChI is InChI=1S/C10H14N4O/c1-5(11)8(4-15)9(12)10-13-6(2)7(3)14-10/h4,12H,11H2,1-3H3,(H,13,14)/b8-5-,12-9?. The van der Waals surface area contributed by atoms with E-state index in [-0.39, 0.29) is 11.3 Å². The second kappa shape index (κ2) is 4.08. The molecule has 0 saturated heterocycles. The molecule has 15 heavy (non-hydrogen) atoms. The minimum atomic E-state index is 0.0289. The van der Waals surface area contributed by atoms with Crippen LogP contribution >= 0.6 is 0 Å². The Morgan fingerprint density at radius 1 is 1.53 bits per heavy atom. The van der Waals surface area contributed by atoms with Crippen LogP contribution in [0.1, 0.15) is 24.1 Å². The number of allylic oxidation sites excluding steroid dienone is 2. The van der Waals surface area contributed by atoms with E-state index in [0.717, 1.165) is 11.4 Å². The third-order valence-corrected chi connectivity index (χ3v) is 2.18. The summed E-state index contributed by atoms with van der Waals surface area (Å²) in [6.45, 7) is 5.28. The zero-order valence-electron chi connectivity index (χ0n) is 9.01. The normalized spacial score (nSPS) is 12.2. The number of nitrogens with one attached hydrogen (secondary N) is 2. The highest BCUT2D eigenvalue weighted by Crippen LogP contribution is 2.08. The van der Waals surface area contributed by atoms with E-state index in [4.69, 9.17) is 11.1 Å². The number of nitrogens with two attached hydrogens (primary N) is 1. The first-order valence-electron chi connectivity index (χ1n) is 4.51. The van der Waals surface area contributed by atoms with Gasteiger partial charge in [0, 0.05) is 11.4 Å². The Bertz CT molecular complexity index is 419. The van der Waals surface area contributed by atoms with E-state index in [0.29, 0.717) is 17.8 Å². The summed E-state index contributed by atoms with van der Waals surface area (Å²) in [7, 11) is 0. The monoisotopic (exact) mass is 206 g/mol. The summed E-state index contributed by atoms with van der Waals surface area (Å²) >= 11 is 0. The van der Waals surface area contributed by atoms with Crippen molar-refractivity contribution >= 4 is 12.0 Å². The van der Waals surface area contributed by atoms with Gasteiger partial charge in [-0.25, -0.2) is 4.98 Å². The SMILES string of the molecule is C/C(N)=C(\C=O)C(=N)c1nc(C)c(C)[nH]1. The fourth-order valence-electron chi connectivity index (χ4n) is 1.14. The van der Waals surface area contributed by atoms with Gasteiger partial charge in [-0.05, 0) is 20.8 Å². The number of nitrogens with zero attached hydrogens (tertiary/aromatic N) is 1. The molecule has 0 amide bonds. The number of carbonyl (C=O) groups is 1. The molecule has 0 spiro atoms. The van der Waals surface area contributed by atoms with E-state index in [2.05, 4.69) is 9.97 Å². The quantitative estimate of drug-likeness (QED) is 0.388. The second-order valence-corrected chi connectivity index (χ2v) is 3.39. The van der Waals surface area contributed by atoms with Gasteiger partial charge in [-0.2, -0.15) is 0 Å². The predicted molar refractivity (Wildman–Crippen MR) is 57.8 cm³/mol. The number of rotatable bonds is 3. The predicted octanol–water partition coefficient (Wildman–Crippen LogP) is 0.826. The molecule has 0 unspecified atom stereocenters. The number of hydrogen-bond donors (Lipinski definition) is 3. The van der Waals surface area contributed by atoms with E-state index in [9.17, 15) is 4.79 Å². The molecule has 1 aromatic rings. The molecule has 0 fully saturated rings. The molecule has 80 valence electrons. The van der Waals surface area contributed by atoms with Gasteiger partial charge >= 0.3 is 0 Å². The molecule has 0 aliphatic heterocycles. The van der Waals surface area contributed by atoms with Crippen LogP contribution in [0, 0.1) is 19.3 Å². The van der Waals surface area contributed by atoms with Gasteiger partial charge in [0.25, 0.3) is 0 Å². The molecule has 5 heteroatoms. The van der Waals surface area contributed by atoms with Crippen LogP contribution < -0.4 is 5.73 Å². The van der Waals surface area contributed by atoms with Crippen molar-refractivity contribution in [3.8, 4) is 0 Å². The second-order valence-electron chi connectivity index (χ2n) is 3.39. The maximum absolute atomic E-state index is 10.7. The highest BCUT2D eigenvalue weighted by molar-refractivity contribution is 6.20. The largest absolute Gasteiger partial charge is 0.402 e. The van der Waals surface area contributed by atoms with Gasteiger partial charge in [-0.1, -0.05) is 0 Å². The van der Waals surface area contributed by atoms with Crippen LogP contribution in [0.5, 0.6) is 0 Å². The van der Waals surface area contributed by atoms with Gasteiger partial charge in [0.15, 0.2) is 12.1 Å². The Morgan fingerprint density at radius 3 is 2.47 bits per heavy atom. The third kappa shape index (κ3) is 2.12. The first-order chi connectivity index (χ1) is 6.97. The van der Waals surface area contributed by atoms with Crippen molar-refractivity contribution in [1.82, 2.24) is 9.97 Å². The number of aryl methyl sites for hydroxylation is 2. The van der Waals surface area contributed by atoms with E-state index < -0.39 is 0 Å². The Hall–Kier alpha value is -1.91. The number of aromatic nitrogens is 2. The van der Waals surface area contributed by atoms with Crippen molar-refractivity contribution in [2.75, 3.05) is 0 Å². The lowest BCUT2D eigenvalue weighted by molar-refractivity contribution is -0.104. The van der Waals surface area contributed by atoms with Crippen molar-refractivity contribution in [2.24, 2.45) is 5.73 Å². The van der Waals surface area contributed by atoms with E-state index in [1.807, 2.05) is 13.8 Å². The molecule has 0 aliphatic rings. The van der Waals surface area contributed by atoms with Gasteiger partial charge in [0.1, 0.15) is 5.71 Å². The lowest BCUT2D eigenvalue weighted by atomic mass is 10.1. The lowest BCUT2D eigenvalue weighted by Crippen LogP contribution is -2.12. The van der Waals surface area contributed by atoms with Crippen molar-refractivity contribution in [1.29, 1.82) is 5.41 Å². The molecular weight excluding hydrogens is 192 g/mol. The van der Waals surface area contributed by atoms with Crippen LogP contribution in [-0.2, 0) is 4.79 Å². The van der Waals surface area contributed by atoms with Crippen LogP contribution in [0.4, 0.5) is 0 Å². The summed E-state index contributed by atoms with van der Waals surface area (Å²) in [6, 6.07) is 0. The van der Waals surface area contributed by atoms with Crippen molar-refractivity contribution in [3.05, 3.63) is 28.5 Å². The number of imidazole rings is 1. The van der Waals surface area contributed by atoms with Gasteiger partial charge in [-0.15, -0.1) is 0 Å². The zero-order chi connectivity index (χ0) is 11.6. The molecule has 1 aromatic heterocycles. The van der Waals surface area contributed by atoms with E-state index in [1.54, 1.807) is 6.92 Å². The first kappa shape index (κ1) is 11.2. The van der Waals surface area contributed by atoms with Crippen molar-refractivity contribution in [2.45, 2.75) is 20.8 Å². The summed E-state index contributed by atoms with van der Waals surface area (Å²) in [5.41, 5.74) is 7.71. The van der Waals surface area contributed by atoms with E-state index in [1.165, 1.54) is 0 Å². The van der Waals surface area contributed by atoms with Gasteiger partial charge < -0.3 is 10.7 Å². The van der Waals surface area contributed by atoms with E-state index >= 15 is 0 Å². The maximum Gasteiger partial charge on any atom is 0.156 e. The van der Waals surface area contributed by atoms with Crippen molar-refractivity contribution in [3.63, 3.8) is 0 Å². The van der Waals surface area contributed by atoms with Crippen LogP contribution in [0.2, 0.25) is 0 Å². The van der Waals surface area contributed by atoms with Crippen LogP contribution in [-0.4, -0.2) is 22.0 Å². The molecular formula is C10H14N4O. The van der Waals surface area contributed by atoms with Crippen molar-refractivity contribution < 1.29 is 4.79 Å². The van der Waals surface area contributed by atoms with Gasteiger partial charge in [-0.3, -0.25) is 10.2 Å². The average molecular weight is 206 g/mol. The number of aldehydes is 1. The highest BCUT2D eigenvalue weighted by atomic mass is 16.1. The molecule has 4 N–H and O–H groups in total. The number of aromatic amines is 1. The minimum absolute atomic E-state index is 0.0289. The average Bonchev–Trinajstić information content (AvgIpc) is 2.47. The number of H-pyrrole nitrogens is 1. The smallest absolute Gasteiger partial charge is 0.156 e. The summed E-state index contributed by atoms with van der Waals surface area (Å²) in [6.07, 6.45) is 0.574.